The summed E-state index contributed by atoms with van der Waals surface area (Å²) in [5.41, 5.74) is 1.44. The van der Waals surface area contributed by atoms with E-state index in [1.165, 1.54) is 36.7 Å². The summed E-state index contributed by atoms with van der Waals surface area (Å²) < 4.78 is 61.9. The average molecular weight is 493 g/mol. The number of aromatic nitrogens is 5. The van der Waals surface area contributed by atoms with E-state index in [4.69, 9.17) is 4.74 Å². The molecule has 2 aromatic carbocycles. The zero-order valence-corrected chi connectivity index (χ0v) is 19.0. The Hall–Kier alpha value is -4.34. The third-order valence-corrected chi connectivity index (χ3v) is 5.48. The topological polar surface area (TPSA) is 65.7 Å². The van der Waals surface area contributed by atoms with Gasteiger partial charge in [0.15, 0.2) is 5.82 Å². The van der Waals surface area contributed by atoms with Gasteiger partial charge in [0.05, 0.1) is 42.4 Å². The molecule has 5 rings (SSSR count). The number of hydrogen-bond acceptors (Lipinski definition) is 5. The minimum Gasteiger partial charge on any atom is -0.494 e. The van der Waals surface area contributed by atoms with Crippen molar-refractivity contribution in [1.82, 2.24) is 24.7 Å². The molecular weight excluding hydrogens is 474 g/mol. The van der Waals surface area contributed by atoms with Crippen LogP contribution in [0.15, 0.2) is 73.2 Å². The molecule has 0 N–H and O–H groups in total. The number of imidazole rings is 1. The highest BCUT2D eigenvalue weighted by atomic mass is 19.4. The van der Waals surface area contributed by atoms with Gasteiger partial charge < -0.3 is 4.74 Å². The van der Waals surface area contributed by atoms with Crippen LogP contribution in [0.3, 0.4) is 0 Å². The highest BCUT2D eigenvalue weighted by molar-refractivity contribution is 5.66. The van der Waals surface area contributed by atoms with Gasteiger partial charge in [-0.05, 0) is 48.9 Å². The normalized spacial score (nSPS) is 11.7. The molecule has 0 spiro atoms. The van der Waals surface area contributed by atoms with E-state index in [-0.39, 0.29) is 29.4 Å². The number of halogens is 4. The van der Waals surface area contributed by atoms with Gasteiger partial charge in [-0.2, -0.15) is 18.3 Å². The molecule has 2 aliphatic rings. The highest BCUT2D eigenvalue weighted by Crippen LogP contribution is 2.38. The van der Waals surface area contributed by atoms with E-state index < -0.39 is 17.6 Å². The summed E-state index contributed by atoms with van der Waals surface area (Å²) in [6.45, 7) is 2.28. The van der Waals surface area contributed by atoms with E-state index in [1.54, 1.807) is 42.1 Å². The predicted octanol–water partition coefficient (Wildman–Crippen LogP) is 6.11. The average Bonchev–Trinajstić information content (AvgIpc) is 3.28. The summed E-state index contributed by atoms with van der Waals surface area (Å²) in [5.74, 6) is 0.00217. The third kappa shape index (κ3) is 4.74. The second kappa shape index (κ2) is 9.37. The van der Waals surface area contributed by atoms with Gasteiger partial charge in [-0.25, -0.2) is 14.4 Å². The maximum atomic E-state index is 14.1. The van der Waals surface area contributed by atoms with Crippen molar-refractivity contribution in [2.24, 2.45) is 0 Å². The summed E-state index contributed by atoms with van der Waals surface area (Å²) in [6.07, 6.45) is 0.158. The van der Waals surface area contributed by atoms with Crippen LogP contribution >= 0.6 is 0 Å². The molecule has 36 heavy (non-hydrogen) atoms. The van der Waals surface area contributed by atoms with Crippen molar-refractivity contribution in [2.45, 2.75) is 19.6 Å². The lowest BCUT2D eigenvalue weighted by molar-refractivity contribution is -0.137. The van der Waals surface area contributed by atoms with Crippen molar-refractivity contribution in [1.29, 1.82) is 0 Å². The standard InChI is InChI=1S/C26H19F4N5O/c1-2-36-17-8-9-18(20(11-17)26(28,29)30)22-10-7-16(12-31-22)14-35-15-24-23(13-32-35)33-25(34-24)19-5-3-4-6-21(19)27/h3-13,15H,2,14H2,1H3. The predicted molar refractivity (Wildman–Crippen MR) is 125 cm³/mol. The van der Waals surface area contributed by atoms with Crippen LogP contribution in [-0.4, -0.2) is 31.3 Å². The molecule has 0 unspecified atom stereocenters. The molecule has 0 aliphatic carbocycles. The number of alkyl halides is 3. The fourth-order valence-corrected chi connectivity index (χ4v) is 3.81. The molecule has 6 nitrogen and oxygen atoms in total. The van der Waals surface area contributed by atoms with Crippen LogP contribution in [-0.2, 0) is 12.7 Å². The zero-order valence-electron chi connectivity index (χ0n) is 19.0. The maximum Gasteiger partial charge on any atom is 0.417 e. The number of pyridine rings is 1. The van der Waals surface area contributed by atoms with Crippen molar-refractivity contribution < 1.29 is 22.3 Å². The minimum atomic E-state index is -4.56. The first-order valence-corrected chi connectivity index (χ1v) is 11.1. The highest BCUT2D eigenvalue weighted by Gasteiger charge is 2.34. The number of ether oxygens (including phenoxy) is 1. The number of nitrogens with zero attached hydrogens (tertiary/aromatic N) is 5. The Morgan fingerprint density at radius 3 is 2.42 bits per heavy atom. The first-order chi connectivity index (χ1) is 17.3. The van der Waals surface area contributed by atoms with E-state index in [2.05, 4.69) is 20.1 Å². The van der Waals surface area contributed by atoms with Crippen LogP contribution in [0.1, 0.15) is 18.1 Å². The van der Waals surface area contributed by atoms with Crippen LogP contribution in [0.4, 0.5) is 17.6 Å². The van der Waals surface area contributed by atoms with Gasteiger partial charge >= 0.3 is 6.18 Å². The zero-order chi connectivity index (χ0) is 25.3. The Morgan fingerprint density at radius 2 is 1.69 bits per heavy atom. The van der Waals surface area contributed by atoms with Crippen LogP contribution < -0.4 is 4.74 Å². The second-order valence-electron chi connectivity index (χ2n) is 7.96. The van der Waals surface area contributed by atoms with Gasteiger partial charge in [0, 0.05) is 11.8 Å². The molecule has 1 aromatic heterocycles. The third-order valence-electron chi connectivity index (χ3n) is 5.48. The monoisotopic (exact) mass is 493 g/mol. The van der Waals surface area contributed by atoms with Crippen LogP contribution in [0.2, 0.25) is 0 Å². The minimum absolute atomic E-state index is 0.0302. The van der Waals surface area contributed by atoms with Crippen molar-refractivity contribution in [3.05, 3.63) is 90.1 Å². The van der Waals surface area contributed by atoms with Gasteiger partial charge in [-0.1, -0.05) is 18.2 Å². The fourth-order valence-electron chi connectivity index (χ4n) is 3.81. The Morgan fingerprint density at radius 1 is 0.889 bits per heavy atom. The Kier molecular flexibility index (Phi) is 6.09. The van der Waals surface area contributed by atoms with Crippen LogP contribution in [0.25, 0.3) is 34.0 Å². The molecule has 0 saturated carbocycles. The number of fused-ring (bicyclic) bond motifs is 1. The lowest BCUT2D eigenvalue weighted by Crippen LogP contribution is -2.09. The van der Waals surface area contributed by atoms with Crippen molar-refractivity contribution in [3.63, 3.8) is 0 Å². The van der Waals surface area contributed by atoms with E-state index >= 15 is 0 Å². The van der Waals surface area contributed by atoms with Crippen molar-refractivity contribution in [3.8, 4) is 39.8 Å². The van der Waals surface area contributed by atoms with Crippen LogP contribution in [0.5, 0.6) is 5.75 Å². The molecule has 3 heterocycles. The summed E-state index contributed by atoms with van der Waals surface area (Å²) in [7, 11) is 0. The number of benzene rings is 2. The summed E-state index contributed by atoms with van der Waals surface area (Å²) in [5, 5.41) is 4.32. The fraction of sp³-hybridized carbons (Fsp3) is 0.154. The first-order valence-electron chi connectivity index (χ1n) is 11.1. The largest absolute Gasteiger partial charge is 0.494 e. The molecule has 0 fully saturated rings. The number of hydrogen-bond donors (Lipinski definition) is 0. The molecule has 182 valence electrons. The van der Waals surface area contributed by atoms with Crippen molar-refractivity contribution >= 4 is 0 Å². The molecule has 0 radical (unpaired) electrons. The molecule has 10 heteroatoms. The van der Waals surface area contributed by atoms with E-state index in [1.807, 2.05) is 0 Å². The van der Waals surface area contributed by atoms with Gasteiger partial charge in [0.2, 0.25) is 0 Å². The quantitative estimate of drug-likeness (QED) is 0.267. The van der Waals surface area contributed by atoms with E-state index in [9.17, 15) is 17.6 Å². The SMILES string of the molecule is CCOc1ccc(-c2ccc(Cn3cc4nc(-c5ccccc5F)nc-4cn3)cn2)c(C(F)(F)F)c1. The van der Waals surface area contributed by atoms with Crippen molar-refractivity contribution in [2.75, 3.05) is 6.61 Å². The lowest BCUT2D eigenvalue weighted by atomic mass is 10.0. The smallest absolute Gasteiger partial charge is 0.417 e. The Labute approximate surface area is 203 Å². The number of rotatable bonds is 6. The van der Waals surface area contributed by atoms with Gasteiger partial charge in [-0.15, -0.1) is 0 Å². The maximum absolute atomic E-state index is 14.1. The molecule has 0 atom stereocenters. The molecule has 0 saturated heterocycles. The first kappa shape index (κ1) is 23.4. The van der Waals surface area contributed by atoms with Gasteiger partial charge in [-0.3, -0.25) is 9.67 Å². The molecule has 0 amide bonds. The van der Waals surface area contributed by atoms with E-state index in [0.717, 1.165) is 11.6 Å². The van der Waals surface area contributed by atoms with E-state index in [0.29, 0.717) is 23.5 Å². The summed E-state index contributed by atoms with van der Waals surface area (Å²) in [6, 6.07) is 13.3. The summed E-state index contributed by atoms with van der Waals surface area (Å²) >= 11 is 0. The lowest BCUT2D eigenvalue weighted by Gasteiger charge is -2.15. The van der Waals surface area contributed by atoms with Gasteiger partial charge in [0.1, 0.15) is 23.0 Å². The Balaban J connectivity index is 1.39. The molecule has 0 bridgehead atoms. The summed E-state index contributed by atoms with van der Waals surface area (Å²) in [4.78, 5) is 13.0. The Bertz CT molecular complexity index is 1480. The molecule has 3 aromatic rings. The van der Waals surface area contributed by atoms with Gasteiger partial charge in [0.25, 0.3) is 0 Å². The second-order valence-corrected chi connectivity index (χ2v) is 7.96. The molecular formula is C26H19F4N5O. The van der Waals surface area contributed by atoms with Crippen LogP contribution in [0, 0.1) is 5.82 Å². The molecule has 2 aliphatic heterocycles.